The lowest BCUT2D eigenvalue weighted by Gasteiger charge is -2.10. The third-order valence-electron chi connectivity index (χ3n) is 5.08. The number of nitrogens with one attached hydrogen (secondary N) is 2. The van der Waals surface area contributed by atoms with Crippen LogP contribution in [-0.2, 0) is 11.2 Å². The number of benzene rings is 3. The number of nitrogens with zero attached hydrogens (tertiary/aromatic N) is 1. The maximum Gasteiger partial charge on any atom is 0.332 e. The highest BCUT2D eigenvalue weighted by atomic mass is 35.5. The number of hydrogen-bond acceptors (Lipinski definition) is 3. The number of aryl methyl sites for hydroxylation is 1. The van der Waals surface area contributed by atoms with E-state index in [1.165, 1.54) is 10.8 Å². The molecule has 2 N–H and O–H groups in total. The summed E-state index contributed by atoms with van der Waals surface area (Å²) in [4.78, 5) is 38.5. The summed E-state index contributed by atoms with van der Waals surface area (Å²) < 4.78 is 1.34. The third-order valence-corrected chi connectivity index (χ3v) is 5.63. The molecule has 0 atom stereocenters. The van der Waals surface area contributed by atoms with Gasteiger partial charge in [-0.05, 0) is 54.4 Å². The molecule has 6 nitrogen and oxygen atoms in total. The summed E-state index contributed by atoms with van der Waals surface area (Å²) >= 11 is 12.3. The Hall–Kier alpha value is -3.61. The molecule has 1 heterocycles. The van der Waals surface area contributed by atoms with Crippen molar-refractivity contribution >= 4 is 34.8 Å². The number of anilines is 1. The number of hydrogen-bond donors (Lipinski definition) is 2. The molecule has 33 heavy (non-hydrogen) atoms. The molecule has 0 unspecified atom stereocenters. The number of aromatic nitrogens is 2. The van der Waals surface area contributed by atoms with Crippen LogP contribution in [0.4, 0.5) is 5.69 Å². The van der Waals surface area contributed by atoms with E-state index < -0.39 is 11.2 Å². The molecule has 0 aliphatic carbocycles. The molecule has 1 amide bonds. The Balaban J connectivity index is 1.47. The van der Waals surface area contributed by atoms with Crippen molar-refractivity contribution in [2.24, 2.45) is 0 Å². The van der Waals surface area contributed by atoms with Crippen LogP contribution in [0.1, 0.15) is 11.1 Å². The Morgan fingerprint density at radius 3 is 2.48 bits per heavy atom. The second kappa shape index (κ2) is 9.48. The van der Waals surface area contributed by atoms with Gasteiger partial charge in [0.25, 0.3) is 5.56 Å². The summed E-state index contributed by atoms with van der Waals surface area (Å²) in [5, 5.41) is 3.96. The minimum Gasteiger partial charge on any atom is -0.326 e. The van der Waals surface area contributed by atoms with Crippen molar-refractivity contribution in [3.05, 3.63) is 115 Å². The van der Waals surface area contributed by atoms with Crippen molar-refractivity contribution in [1.29, 1.82) is 0 Å². The first kappa shape index (κ1) is 22.6. The van der Waals surface area contributed by atoms with Crippen LogP contribution in [0.5, 0.6) is 0 Å². The van der Waals surface area contributed by atoms with Crippen molar-refractivity contribution < 1.29 is 4.79 Å². The number of aromatic amines is 1. The highest BCUT2D eigenvalue weighted by molar-refractivity contribution is 6.36. The summed E-state index contributed by atoms with van der Waals surface area (Å²) in [6.07, 6.45) is 1.66. The standard InChI is InChI=1S/C25H19Cl2N3O3/c1-15-14-30(25(33)29-24(15)32)20-8-6-19(7-9-20)28-23(31)12-16-3-2-4-17(11-16)21-10-5-18(26)13-22(21)27/h2-11,13-14H,12H2,1H3,(H,28,31)(H,29,32,33). The molecular weight excluding hydrogens is 461 g/mol. The van der Waals surface area contributed by atoms with Crippen LogP contribution in [-0.4, -0.2) is 15.5 Å². The normalized spacial score (nSPS) is 10.8. The van der Waals surface area contributed by atoms with Crippen LogP contribution in [0, 0.1) is 6.92 Å². The Kier molecular flexibility index (Phi) is 6.49. The predicted molar refractivity (Wildman–Crippen MR) is 132 cm³/mol. The Morgan fingerprint density at radius 2 is 1.76 bits per heavy atom. The summed E-state index contributed by atoms with van der Waals surface area (Å²) in [7, 11) is 0. The molecule has 0 saturated carbocycles. The molecule has 8 heteroatoms. The first-order valence-corrected chi connectivity index (χ1v) is 10.8. The molecular formula is C25H19Cl2N3O3. The topological polar surface area (TPSA) is 84.0 Å². The predicted octanol–water partition coefficient (Wildman–Crippen LogP) is 4.99. The largest absolute Gasteiger partial charge is 0.332 e. The Bertz CT molecular complexity index is 1460. The van der Waals surface area contributed by atoms with Gasteiger partial charge >= 0.3 is 5.69 Å². The Labute approximate surface area is 199 Å². The SMILES string of the molecule is Cc1cn(-c2ccc(NC(=O)Cc3cccc(-c4ccc(Cl)cc4Cl)c3)cc2)c(=O)[nH]c1=O. The number of amides is 1. The summed E-state index contributed by atoms with van der Waals surface area (Å²) in [5.41, 5.74) is 3.22. The summed E-state index contributed by atoms with van der Waals surface area (Å²) in [5.74, 6) is -0.181. The highest BCUT2D eigenvalue weighted by Gasteiger charge is 2.09. The molecule has 0 aliphatic heterocycles. The molecule has 4 aromatic rings. The van der Waals surface area contributed by atoms with Crippen LogP contribution >= 0.6 is 23.2 Å². The van der Waals surface area contributed by atoms with Gasteiger partial charge in [-0.15, -0.1) is 0 Å². The maximum absolute atomic E-state index is 12.6. The maximum atomic E-state index is 12.6. The van der Waals surface area contributed by atoms with E-state index in [2.05, 4.69) is 10.3 Å². The van der Waals surface area contributed by atoms with Crippen molar-refractivity contribution in [2.45, 2.75) is 13.3 Å². The van der Waals surface area contributed by atoms with Crippen molar-refractivity contribution in [3.8, 4) is 16.8 Å². The van der Waals surface area contributed by atoms with Crippen LogP contribution in [0.3, 0.4) is 0 Å². The van der Waals surface area contributed by atoms with E-state index >= 15 is 0 Å². The molecule has 0 aliphatic rings. The second-order valence-electron chi connectivity index (χ2n) is 7.54. The fourth-order valence-corrected chi connectivity index (χ4v) is 3.94. The zero-order valence-electron chi connectivity index (χ0n) is 17.6. The first-order valence-electron chi connectivity index (χ1n) is 10.1. The molecule has 3 aromatic carbocycles. The van der Waals surface area contributed by atoms with Gasteiger partial charge in [0.15, 0.2) is 0 Å². The van der Waals surface area contributed by atoms with Crippen LogP contribution in [0.25, 0.3) is 16.8 Å². The van der Waals surface area contributed by atoms with E-state index in [1.807, 2.05) is 30.3 Å². The van der Waals surface area contributed by atoms with Crippen molar-refractivity contribution in [1.82, 2.24) is 9.55 Å². The van der Waals surface area contributed by atoms with E-state index in [0.29, 0.717) is 27.0 Å². The van der Waals surface area contributed by atoms with Gasteiger partial charge in [0.05, 0.1) is 12.1 Å². The van der Waals surface area contributed by atoms with Crippen LogP contribution in [0.15, 0.2) is 82.5 Å². The molecule has 0 bridgehead atoms. The minimum atomic E-state index is -0.525. The highest BCUT2D eigenvalue weighted by Crippen LogP contribution is 2.30. The number of rotatable bonds is 5. The van der Waals surface area contributed by atoms with Crippen molar-refractivity contribution in [2.75, 3.05) is 5.32 Å². The average Bonchev–Trinajstić information content (AvgIpc) is 2.77. The first-order chi connectivity index (χ1) is 15.8. The van der Waals surface area contributed by atoms with Crippen LogP contribution in [0.2, 0.25) is 10.0 Å². The van der Waals surface area contributed by atoms with Crippen molar-refractivity contribution in [3.63, 3.8) is 0 Å². The zero-order valence-corrected chi connectivity index (χ0v) is 19.1. The van der Waals surface area contributed by atoms with E-state index in [0.717, 1.165) is 16.7 Å². The monoisotopic (exact) mass is 479 g/mol. The summed E-state index contributed by atoms with van der Waals surface area (Å²) in [6.45, 7) is 1.62. The third kappa shape index (κ3) is 5.25. The zero-order chi connectivity index (χ0) is 23.5. The molecule has 0 spiro atoms. The average molecular weight is 480 g/mol. The number of carbonyl (C=O) groups excluding carboxylic acids is 1. The lowest BCUT2D eigenvalue weighted by Crippen LogP contribution is -2.29. The lowest BCUT2D eigenvalue weighted by atomic mass is 10.0. The minimum absolute atomic E-state index is 0.180. The molecule has 0 radical (unpaired) electrons. The molecule has 4 rings (SSSR count). The Morgan fingerprint density at radius 1 is 1.00 bits per heavy atom. The molecule has 0 saturated heterocycles. The summed E-state index contributed by atoms with van der Waals surface area (Å²) in [6, 6.07) is 19.7. The van der Waals surface area contributed by atoms with Gasteiger partial charge in [0, 0.05) is 33.1 Å². The van der Waals surface area contributed by atoms with Gasteiger partial charge in [0.2, 0.25) is 5.91 Å². The fourth-order valence-electron chi connectivity index (χ4n) is 3.43. The molecule has 0 fully saturated rings. The van der Waals surface area contributed by atoms with Gasteiger partial charge in [-0.2, -0.15) is 0 Å². The lowest BCUT2D eigenvalue weighted by molar-refractivity contribution is -0.115. The van der Waals surface area contributed by atoms with E-state index in [1.54, 1.807) is 43.3 Å². The van der Waals surface area contributed by atoms with E-state index in [4.69, 9.17) is 23.2 Å². The number of carbonyl (C=O) groups is 1. The van der Waals surface area contributed by atoms with E-state index in [9.17, 15) is 14.4 Å². The number of H-pyrrole nitrogens is 1. The van der Waals surface area contributed by atoms with Gasteiger partial charge < -0.3 is 5.32 Å². The van der Waals surface area contributed by atoms with Gasteiger partial charge in [0.1, 0.15) is 0 Å². The fraction of sp³-hybridized carbons (Fsp3) is 0.0800. The second-order valence-corrected chi connectivity index (χ2v) is 8.38. The van der Waals surface area contributed by atoms with Gasteiger partial charge in [-0.25, -0.2) is 4.79 Å². The number of halogens is 2. The van der Waals surface area contributed by atoms with Gasteiger partial charge in [-0.3, -0.25) is 19.1 Å². The van der Waals surface area contributed by atoms with Gasteiger partial charge in [-0.1, -0.05) is 53.5 Å². The molecule has 1 aromatic heterocycles. The molecule has 166 valence electrons. The smallest absolute Gasteiger partial charge is 0.326 e. The van der Waals surface area contributed by atoms with Crippen LogP contribution < -0.4 is 16.6 Å². The quantitative estimate of drug-likeness (QED) is 0.422. The van der Waals surface area contributed by atoms with E-state index in [-0.39, 0.29) is 12.3 Å².